The Balaban J connectivity index is 0.00000562. The summed E-state index contributed by atoms with van der Waals surface area (Å²) in [7, 11) is 3.39. The number of nitrogens with zero attached hydrogens (tertiary/aromatic N) is 1. The van der Waals surface area contributed by atoms with Gasteiger partial charge in [0, 0.05) is 18.5 Å². The molecule has 1 aromatic rings. The molecule has 2 unspecified atom stereocenters. The molecular weight excluding hydrogens is 442 g/mol. The van der Waals surface area contributed by atoms with Gasteiger partial charge in [0.15, 0.2) is 0 Å². The first kappa shape index (κ1) is 32.3. The van der Waals surface area contributed by atoms with E-state index < -0.39 is 29.5 Å². The number of aliphatic carboxylic acids is 1. The van der Waals surface area contributed by atoms with E-state index >= 15 is 0 Å². The molecular formula is C28H47N3O4. The second-order valence-electron chi connectivity index (χ2n) is 10.1. The number of carboxylic acid groups (broad SMARTS) is 1. The van der Waals surface area contributed by atoms with Crippen molar-refractivity contribution < 1.29 is 19.5 Å². The molecule has 2 amide bonds. The third-order valence-electron chi connectivity index (χ3n) is 6.05. The van der Waals surface area contributed by atoms with E-state index in [1.54, 1.807) is 25.1 Å². The minimum absolute atomic E-state index is 0.00673. The van der Waals surface area contributed by atoms with E-state index in [9.17, 15) is 19.5 Å². The van der Waals surface area contributed by atoms with E-state index in [0.717, 1.165) is 5.56 Å². The summed E-state index contributed by atoms with van der Waals surface area (Å²) in [6.07, 6.45) is 1.60. The largest absolute Gasteiger partial charge is 0.478 e. The Morgan fingerprint density at radius 2 is 1.54 bits per heavy atom. The Hall–Kier alpha value is -2.67. The fraction of sp³-hybridized carbons (Fsp3) is 0.607. The molecule has 1 rings (SSSR count). The van der Waals surface area contributed by atoms with Crippen LogP contribution in [0.2, 0.25) is 0 Å². The normalized spacial score (nSPS) is 15.3. The molecule has 0 saturated carbocycles. The second kappa shape index (κ2) is 14.7. The molecule has 0 radical (unpaired) electrons. The van der Waals surface area contributed by atoms with Crippen molar-refractivity contribution in [3.8, 4) is 0 Å². The summed E-state index contributed by atoms with van der Waals surface area (Å²) in [5.41, 5.74) is 0.649. The summed E-state index contributed by atoms with van der Waals surface area (Å²) in [6, 6.07) is 8.04. The molecule has 0 saturated heterocycles. The van der Waals surface area contributed by atoms with Crippen LogP contribution in [0.4, 0.5) is 0 Å². The standard InChI is InChI=1S/C26H41N3O4.C2H6/c1-16(2)20(15-17(3)25(32)33)29(9)24(31)22(26(5,6)7)28-23(30)21(27-8)18(4)19-13-11-10-12-14-19;1-2/h10-16,18,20-22,27H,1-9H3,(H,28,30)(H,32,33);1-2H3/b17-15+;/t18?,20-,21+,22?;/m1./s1. The minimum atomic E-state index is -1.02. The monoisotopic (exact) mass is 489 g/mol. The summed E-state index contributed by atoms with van der Waals surface area (Å²) >= 11 is 0. The van der Waals surface area contributed by atoms with E-state index in [0.29, 0.717) is 0 Å². The summed E-state index contributed by atoms with van der Waals surface area (Å²) in [5, 5.41) is 15.4. The van der Waals surface area contributed by atoms with Gasteiger partial charge in [-0.3, -0.25) is 9.59 Å². The molecule has 0 aliphatic heterocycles. The van der Waals surface area contributed by atoms with E-state index in [4.69, 9.17) is 0 Å². The molecule has 4 atom stereocenters. The van der Waals surface area contributed by atoms with Gasteiger partial charge in [0.1, 0.15) is 6.04 Å². The lowest BCUT2D eigenvalue weighted by Crippen LogP contribution is -2.59. The Kier molecular flexibility index (Phi) is 13.5. The maximum atomic E-state index is 13.6. The SMILES string of the molecule is CC.CN[C@H](C(=O)NC(C(=O)N(C)[C@H](/C=C(\C)C(=O)O)C(C)C)C(C)(C)C)C(C)c1ccccc1. The first-order chi connectivity index (χ1) is 16.2. The van der Waals surface area contributed by atoms with Gasteiger partial charge in [-0.05, 0) is 30.9 Å². The van der Waals surface area contributed by atoms with Crippen molar-refractivity contribution in [3.05, 3.63) is 47.5 Å². The topological polar surface area (TPSA) is 98.7 Å². The van der Waals surface area contributed by atoms with E-state index in [1.165, 1.54) is 6.92 Å². The van der Waals surface area contributed by atoms with Gasteiger partial charge in [-0.2, -0.15) is 0 Å². The molecule has 0 aromatic heterocycles. The zero-order valence-electron chi connectivity index (χ0n) is 23.5. The molecule has 198 valence electrons. The van der Waals surface area contributed by atoms with Crippen molar-refractivity contribution in [1.29, 1.82) is 0 Å². The Morgan fingerprint density at radius 3 is 1.94 bits per heavy atom. The number of nitrogens with one attached hydrogen (secondary N) is 2. The molecule has 0 bridgehead atoms. The minimum Gasteiger partial charge on any atom is -0.478 e. The molecule has 0 aliphatic carbocycles. The molecule has 1 aromatic carbocycles. The fourth-order valence-corrected chi connectivity index (χ4v) is 3.87. The van der Waals surface area contributed by atoms with E-state index in [1.807, 2.05) is 85.7 Å². The van der Waals surface area contributed by atoms with Gasteiger partial charge in [-0.1, -0.05) is 91.8 Å². The van der Waals surface area contributed by atoms with Gasteiger partial charge in [0.2, 0.25) is 11.8 Å². The van der Waals surface area contributed by atoms with Gasteiger partial charge in [-0.15, -0.1) is 0 Å². The number of hydrogen-bond acceptors (Lipinski definition) is 4. The van der Waals surface area contributed by atoms with Crippen LogP contribution in [0.15, 0.2) is 42.0 Å². The zero-order valence-corrected chi connectivity index (χ0v) is 23.5. The average Bonchev–Trinajstić information content (AvgIpc) is 2.81. The van der Waals surface area contributed by atoms with Crippen LogP contribution >= 0.6 is 0 Å². The number of rotatable bonds is 10. The van der Waals surface area contributed by atoms with Crippen LogP contribution in [-0.4, -0.2) is 60.0 Å². The first-order valence-corrected chi connectivity index (χ1v) is 12.4. The van der Waals surface area contributed by atoms with Crippen molar-refractivity contribution in [2.75, 3.05) is 14.1 Å². The molecule has 0 heterocycles. The van der Waals surface area contributed by atoms with E-state index in [2.05, 4.69) is 10.6 Å². The number of likely N-dealkylation sites (N-methyl/N-ethyl adjacent to an activating group) is 2. The van der Waals surface area contributed by atoms with Crippen LogP contribution in [0, 0.1) is 11.3 Å². The van der Waals surface area contributed by atoms with Crippen LogP contribution in [-0.2, 0) is 14.4 Å². The van der Waals surface area contributed by atoms with Gasteiger partial charge >= 0.3 is 5.97 Å². The van der Waals surface area contributed by atoms with Crippen molar-refractivity contribution in [2.24, 2.45) is 11.3 Å². The quantitative estimate of drug-likeness (QED) is 0.422. The Morgan fingerprint density at radius 1 is 1.03 bits per heavy atom. The predicted octanol–water partition coefficient (Wildman–Crippen LogP) is 4.45. The van der Waals surface area contributed by atoms with Gasteiger partial charge < -0.3 is 20.6 Å². The number of benzene rings is 1. The van der Waals surface area contributed by atoms with Crippen molar-refractivity contribution in [3.63, 3.8) is 0 Å². The lowest BCUT2D eigenvalue weighted by atomic mass is 9.84. The highest BCUT2D eigenvalue weighted by Gasteiger charge is 2.38. The second-order valence-corrected chi connectivity index (χ2v) is 10.1. The summed E-state index contributed by atoms with van der Waals surface area (Å²) in [6.45, 7) is 17.1. The highest BCUT2D eigenvalue weighted by Crippen LogP contribution is 2.25. The molecule has 7 heteroatoms. The molecule has 0 spiro atoms. The molecule has 0 fully saturated rings. The van der Waals surface area contributed by atoms with Crippen molar-refractivity contribution in [1.82, 2.24) is 15.5 Å². The lowest BCUT2D eigenvalue weighted by Gasteiger charge is -2.38. The molecule has 35 heavy (non-hydrogen) atoms. The van der Waals surface area contributed by atoms with Crippen molar-refractivity contribution in [2.45, 2.75) is 86.4 Å². The van der Waals surface area contributed by atoms with Gasteiger partial charge in [0.25, 0.3) is 0 Å². The van der Waals surface area contributed by atoms with Crippen LogP contribution in [0.1, 0.15) is 73.8 Å². The Bertz CT molecular complexity index is 844. The number of carbonyl (C=O) groups excluding carboxylic acids is 2. The van der Waals surface area contributed by atoms with Crippen LogP contribution in [0.5, 0.6) is 0 Å². The lowest BCUT2D eigenvalue weighted by molar-refractivity contribution is -0.140. The zero-order chi connectivity index (χ0) is 27.5. The van der Waals surface area contributed by atoms with Crippen LogP contribution in [0.25, 0.3) is 0 Å². The highest BCUT2D eigenvalue weighted by atomic mass is 16.4. The Labute approximate surface area is 212 Å². The smallest absolute Gasteiger partial charge is 0.331 e. The summed E-state index contributed by atoms with van der Waals surface area (Å²) in [4.78, 5) is 39.8. The molecule has 7 nitrogen and oxygen atoms in total. The third-order valence-corrected chi connectivity index (χ3v) is 6.05. The number of carboxylic acids is 1. The van der Waals surface area contributed by atoms with Crippen molar-refractivity contribution >= 4 is 17.8 Å². The maximum Gasteiger partial charge on any atom is 0.331 e. The average molecular weight is 490 g/mol. The number of amides is 2. The first-order valence-electron chi connectivity index (χ1n) is 12.4. The molecule has 3 N–H and O–H groups in total. The van der Waals surface area contributed by atoms with Gasteiger partial charge in [-0.25, -0.2) is 4.79 Å². The highest BCUT2D eigenvalue weighted by molar-refractivity contribution is 5.91. The fourth-order valence-electron chi connectivity index (χ4n) is 3.87. The number of carbonyl (C=O) groups is 3. The maximum absolute atomic E-state index is 13.6. The molecule has 0 aliphatic rings. The summed E-state index contributed by atoms with van der Waals surface area (Å²) < 4.78 is 0. The van der Waals surface area contributed by atoms with E-state index in [-0.39, 0.29) is 29.2 Å². The van der Waals surface area contributed by atoms with Gasteiger partial charge in [0.05, 0.1) is 12.1 Å². The number of hydrogen-bond donors (Lipinski definition) is 3. The predicted molar refractivity (Wildman–Crippen MR) is 143 cm³/mol. The summed E-state index contributed by atoms with van der Waals surface area (Å²) in [5.74, 6) is -1.64. The van der Waals surface area contributed by atoms with Crippen LogP contribution < -0.4 is 10.6 Å². The van der Waals surface area contributed by atoms with Crippen LogP contribution in [0.3, 0.4) is 0 Å². The third kappa shape index (κ3) is 9.48.